The van der Waals surface area contributed by atoms with Crippen molar-refractivity contribution in [3.8, 4) is 17.1 Å². The Kier molecular flexibility index (Phi) is 7.01. The van der Waals surface area contributed by atoms with Crippen LogP contribution in [0.2, 0.25) is 0 Å². The van der Waals surface area contributed by atoms with Crippen molar-refractivity contribution in [1.29, 1.82) is 0 Å². The smallest absolute Gasteiger partial charge is 0.407 e. The second-order valence-corrected chi connectivity index (χ2v) is 11.1. The van der Waals surface area contributed by atoms with E-state index in [9.17, 15) is 4.79 Å². The van der Waals surface area contributed by atoms with E-state index in [1.165, 1.54) is 5.56 Å². The zero-order chi connectivity index (χ0) is 26.9. The minimum absolute atomic E-state index is 0.00145. The predicted octanol–water partition coefficient (Wildman–Crippen LogP) is 5.49. The molecule has 198 valence electrons. The summed E-state index contributed by atoms with van der Waals surface area (Å²) in [5.74, 6) is 1.97. The largest absolute Gasteiger partial charge is 0.444 e. The van der Waals surface area contributed by atoms with Crippen molar-refractivity contribution in [3.63, 3.8) is 0 Å². The van der Waals surface area contributed by atoms with Crippen LogP contribution >= 0.6 is 0 Å². The summed E-state index contributed by atoms with van der Waals surface area (Å²) in [5.41, 5.74) is 3.40. The number of amides is 1. The van der Waals surface area contributed by atoms with Crippen LogP contribution in [0.25, 0.3) is 28.0 Å². The zero-order valence-electron chi connectivity index (χ0n) is 22.7. The van der Waals surface area contributed by atoms with E-state index in [4.69, 9.17) is 9.72 Å². The molecule has 9 heteroatoms. The summed E-state index contributed by atoms with van der Waals surface area (Å²) in [4.78, 5) is 28.5. The number of hydrogen-bond donors (Lipinski definition) is 1. The number of carbonyl (C=O) groups is 1. The molecule has 1 N–H and O–H groups in total. The monoisotopic (exact) mass is 513 g/mol. The Balaban J connectivity index is 1.39. The average Bonchev–Trinajstić information content (AvgIpc) is 3.31. The summed E-state index contributed by atoms with van der Waals surface area (Å²) in [5, 5.41) is 8.58. The predicted molar refractivity (Wildman–Crippen MR) is 149 cm³/mol. The Morgan fingerprint density at radius 2 is 1.92 bits per heavy atom. The number of anilines is 1. The molecule has 38 heavy (non-hydrogen) atoms. The molecule has 1 saturated heterocycles. The minimum atomic E-state index is -0.524. The Morgan fingerprint density at radius 3 is 2.71 bits per heavy atom. The molecule has 1 atom stereocenters. The average molecular weight is 514 g/mol. The van der Waals surface area contributed by atoms with Crippen LogP contribution in [0.1, 0.15) is 58.9 Å². The van der Waals surface area contributed by atoms with Crippen LogP contribution in [0.3, 0.4) is 0 Å². The van der Waals surface area contributed by atoms with Gasteiger partial charge >= 0.3 is 6.09 Å². The van der Waals surface area contributed by atoms with Crippen molar-refractivity contribution in [2.24, 2.45) is 0 Å². The van der Waals surface area contributed by atoms with Crippen LogP contribution < -0.4 is 10.2 Å². The van der Waals surface area contributed by atoms with E-state index in [1.807, 2.05) is 74.5 Å². The quantitative estimate of drug-likeness (QED) is 0.377. The Bertz CT molecular complexity index is 1440. The van der Waals surface area contributed by atoms with Gasteiger partial charge in [0, 0.05) is 48.7 Å². The molecule has 1 amide bonds. The second-order valence-electron chi connectivity index (χ2n) is 11.1. The second kappa shape index (κ2) is 10.4. The van der Waals surface area contributed by atoms with E-state index in [0.717, 1.165) is 53.2 Å². The van der Waals surface area contributed by atoms with Gasteiger partial charge in [-0.05, 0) is 69.4 Å². The first kappa shape index (κ1) is 25.6. The molecule has 1 aliphatic rings. The molecule has 0 bridgehead atoms. The summed E-state index contributed by atoms with van der Waals surface area (Å²) in [6.45, 7) is 11.5. The lowest BCUT2D eigenvalue weighted by atomic mass is 10.0. The van der Waals surface area contributed by atoms with Crippen LogP contribution in [-0.2, 0) is 4.74 Å². The summed E-state index contributed by atoms with van der Waals surface area (Å²) >= 11 is 0. The van der Waals surface area contributed by atoms with Gasteiger partial charge in [0.1, 0.15) is 11.4 Å². The van der Waals surface area contributed by atoms with Crippen molar-refractivity contribution in [2.45, 2.75) is 65.0 Å². The number of fused-ring (bicyclic) bond motifs is 1. The van der Waals surface area contributed by atoms with E-state index in [2.05, 4.69) is 45.2 Å². The lowest BCUT2D eigenvalue weighted by molar-refractivity contribution is 0.0500. The van der Waals surface area contributed by atoms with Gasteiger partial charge in [-0.25, -0.2) is 14.5 Å². The number of carbonyl (C=O) groups excluding carboxylic acids is 1. The Hall–Kier alpha value is -4.01. The van der Waals surface area contributed by atoms with Crippen LogP contribution in [0.5, 0.6) is 0 Å². The normalized spacial score (nSPS) is 16.2. The molecule has 0 saturated carbocycles. The summed E-state index contributed by atoms with van der Waals surface area (Å²) in [6, 6.07) is 10.1. The van der Waals surface area contributed by atoms with Gasteiger partial charge in [0.25, 0.3) is 0 Å². The van der Waals surface area contributed by atoms with Crippen molar-refractivity contribution >= 4 is 22.8 Å². The molecule has 0 spiro atoms. The van der Waals surface area contributed by atoms with Crippen molar-refractivity contribution in [3.05, 3.63) is 60.7 Å². The molecule has 5 rings (SSSR count). The number of ether oxygens (including phenoxy) is 1. The molecule has 4 aromatic rings. The Morgan fingerprint density at radius 1 is 1.11 bits per heavy atom. The highest BCUT2D eigenvalue weighted by Crippen LogP contribution is 2.26. The highest BCUT2D eigenvalue weighted by Gasteiger charge is 2.25. The van der Waals surface area contributed by atoms with E-state index in [0.29, 0.717) is 12.5 Å². The SMILES string of the molecule is CC(C)c1cncc(-c2cc3c(cn2)cnn3-c2cccc(N3CCC[C@H](NC(=O)OC(C)(C)C)C3)n2)c1. The fraction of sp³-hybridized carbons (Fsp3) is 0.414. The number of hydrogen-bond acceptors (Lipinski definition) is 7. The lowest BCUT2D eigenvalue weighted by Crippen LogP contribution is -2.49. The number of alkyl carbamates (subject to hydrolysis) is 1. The van der Waals surface area contributed by atoms with Gasteiger partial charge in [-0.2, -0.15) is 5.10 Å². The van der Waals surface area contributed by atoms with Crippen LogP contribution in [0, 0.1) is 0 Å². The maximum absolute atomic E-state index is 12.3. The molecule has 0 unspecified atom stereocenters. The standard InChI is InChI=1S/C29H35N7O2/c1-19(2)20-12-21(15-30-14-20)24-13-25-22(16-31-24)17-32-36(25)27-10-6-9-26(34-27)35-11-7-8-23(18-35)33-28(37)38-29(3,4)5/h6,9-10,12-17,19,23H,7-8,11,18H2,1-5H3,(H,33,37)/t23-/m0/s1. The van der Waals surface area contributed by atoms with E-state index < -0.39 is 5.60 Å². The summed E-state index contributed by atoms with van der Waals surface area (Å²) in [7, 11) is 0. The highest BCUT2D eigenvalue weighted by molar-refractivity contribution is 5.83. The highest BCUT2D eigenvalue weighted by atomic mass is 16.6. The maximum Gasteiger partial charge on any atom is 0.407 e. The molecule has 1 fully saturated rings. The van der Waals surface area contributed by atoms with Gasteiger partial charge < -0.3 is 15.0 Å². The van der Waals surface area contributed by atoms with Crippen LogP contribution in [-0.4, -0.2) is 55.6 Å². The van der Waals surface area contributed by atoms with E-state index in [-0.39, 0.29) is 12.1 Å². The fourth-order valence-electron chi connectivity index (χ4n) is 4.66. The summed E-state index contributed by atoms with van der Waals surface area (Å²) in [6.07, 6.45) is 8.88. The molecule has 9 nitrogen and oxygen atoms in total. The fourth-order valence-corrected chi connectivity index (χ4v) is 4.66. The van der Waals surface area contributed by atoms with Crippen LogP contribution in [0.4, 0.5) is 10.6 Å². The van der Waals surface area contributed by atoms with Gasteiger partial charge in [-0.3, -0.25) is 9.97 Å². The van der Waals surface area contributed by atoms with Crippen molar-refractivity contribution in [2.75, 3.05) is 18.0 Å². The first-order chi connectivity index (χ1) is 18.2. The molecule has 0 aromatic carbocycles. The van der Waals surface area contributed by atoms with Crippen molar-refractivity contribution in [1.82, 2.24) is 30.0 Å². The zero-order valence-corrected chi connectivity index (χ0v) is 22.7. The third kappa shape index (κ3) is 5.77. The van der Waals surface area contributed by atoms with Crippen LogP contribution in [0.15, 0.2) is 55.1 Å². The van der Waals surface area contributed by atoms with Gasteiger partial charge in [-0.15, -0.1) is 0 Å². The van der Waals surface area contributed by atoms with Gasteiger partial charge in [0.05, 0.1) is 17.4 Å². The lowest BCUT2D eigenvalue weighted by Gasteiger charge is -2.34. The number of nitrogens with zero attached hydrogens (tertiary/aromatic N) is 6. The Labute approximate surface area is 223 Å². The van der Waals surface area contributed by atoms with E-state index >= 15 is 0 Å². The molecular formula is C29H35N7O2. The number of piperidine rings is 1. The molecule has 0 radical (unpaired) electrons. The molecule has 5 heterocycles. The van der Waals surface area contributed by atoms with Gasteiger partial charge in [0.15, 0.2) is 5.82 Å². The molecule has 1 aliphatic heterocycles. The molecule has 4 aromatic heterocycles. The minimum Gasteiger partial charge on any atom is -0.444 e. The third-order valence-corrected chi connectivity index (χ3v) is 6.58. The summed E-state index contributed by atoms with van der Waals surface area (Å²) < 4.78 is 7.30. The number of pyridine rings is 3. The number of aromatic nitrogens is 5. The van der Waals surface area contributed by atoms with E-state index in [1.54, 1.807) is 0 Å². The van der Waals surface area contributed by atoms with Gasteiger partial charge in [-0.1, -0.05) is 19.9 Å². The first-order valence-corrected chi connectivity index (χ1v) is 13.2. The topological polar surface area (TPSA) is 98.1 Å². The van der Waals surface area contributed by atoms with Crippen molar-refractivity contribution < 1.29 is 9.53 Å². The first-order valence-electron chi connectivity index (χ1n) is 13.2. The number of nitrogens with one attached hydrogen (secondary N) is 1. The third-order valence-electron chi connectivity index (χ3n) is 6.58. The molecular weight excluding hydrogens is 478 g/mol. The maximum atomic E-state index is 12.3. The van der Waals surface area contributed by atoms with Gasteiger partial charge in [0.2, 0.25) is 0 Å². The molecule has 0 aliphatic carbocycles. The number of rotatable bonds is 5.